The monoisotopic (exact) mass is 359 g/mol. The largest absolute Gasteiger partial charge is 0.444 e. The Morgan fingerprint density at radius 3 is 2.54 bits per heavy atom. The van der Waals surface area contributed by atoms with E-state index < -0.39 is 23.2 Å². The van der Waals surface area contributed by atoms with Gasteiger partial charge in [-0.1, -0.05) is 18.2 Å². The molecule has 26 heavy (non-hydrogen) atoms. The lowest BCUT2D eigenvalue weighted by molar-refractivity contribution is -0.133. The summed E-state index contributed by atoms with van der Waals surface area (Å²) in [6.45, 7) is 5.44. The van der Waals surface area contributed by atoms with E-state index in [0.29, 0.717) is 0 Å². The summed E-state index contributed by atoms with van der Waals surface area (Å²) in [5.74, 6) is -0.397. The van der Waals surface area contributed by atoms with Crippen molar-refractivity contribution in [3.05, 3.63) is 29.8 Å². The van der Waals surface area contributed by atoms with E-state index in [1.807, 2.05) is 24.3 Å². The highest BCUT2D eigenvalue weighted by molar-refractivity contribution is 6.08. The molecule has 1 N–H and O–H groups in total. The molecular weight excluding hydrogens is 334 g/mol. The van der Waals surface area contributed by atoms with Gasteiger partial charge < -0.3 is 15.0 Å². The number of likely N-dealkylation sites (N-methyl/N-ethyl adjacent to an activating group) is 1. The minimum atomic E-state index is -0.927. The van der Waals surface area contributed by atoms with Crippen molar-refractivity contribution >= 4 is 23.6 Å². The number of para-hydroxylation sites is 1. The van der Waals surface area contributed by atoms with Gasteiger partial charge in [-0.2, -0.15) is 0 Å². The molecule has 7 heteroatoms. The maximum Gasteiger partial charge on any atom is 0.411 e. The van der Waals surface area contributed by atoms with Crippen molar-refractivity contribution in [2.24, 2.45) is 0 Å². The van der Waals surface area contributed by atoms with Crippen LogP contribution in [0.2, 0.25) is 0 Å². The van der Waals surface area contributed by atoms with Crippen molar-refractivity contribution in [1.82, 2.24) is 9.80 Å². The molecule has 7 nitrogen and oxygen atoms in total. The lowest BCUT2D eigenvalue weighted by Gasteiger charge is -2.29. The van der Waals surface area contributed by atoms with E-state index in [0.717, 1.165) is 11.3 Å². The van der Waals surface area contributed by atoms with E-state index >= 15 is 0 Å². The summed E-state index contributed by atoms with van der Waals surface area (Å²) in [6.07, 6.45) is -0.335. The number of hydrogen-bond acceptors (Lipinski definition) is 4. The van der Waals surface area contributed by atoms with Gasteiger partial charge in [0, 0.05) is 26.3 Å². The molecule has 2 heterocycles. The average Bonchev–Trinajstić information content (AvgIpc) is 3.06. The van der Waals surface area contributed by atoms with E-state index in [-0.39, 0.29) is 24.8 Å². The van der Waals surface area contributed by atoms with E-state index in [1.165, 1.54) is 9.80 Å². The van der Waals surface area contributed by atoms with Gasteiger partial charge in [-0.25, -0.2) is 4.79 Å². The van der Waals surface area contributed by atoms with Gasteiger partial charge >= 0.3 is 6.09 Å². The van der Waals surface area contributed by atoms with E-state index in [1.54, 1.807) is 34.9 Å². The number of nitrogens with zero attached hydrogens (tertiary/aromatic N) is 2. The highest BCUT2D eigenvalue weighted by Gasteiger charge is 2.58. The van der Waals surface area contributed by atoms with E-state index in [2.05, 4.69) is 5.32 Å². The lowest BCUT2D eigenvalue weighted by Crippen LogP contribution is -2.47. The minimum Gasteiger partial charge on any atom is -0.444 e. The Morgan fingerprint density at radius 2 is 1.92 bits per heavy atom. The molecule has 0 unspecified atom stereocenters. The van der Waals surface area contributed by atoms with Gasteiger partial charge in [-0.15, -0.1) is 0 Å². The fourth-order valence-corrected chi connectivity index (χ4v) is 3.67. The molecular formula is C19H25N3O4. The molecule has 0 aromatic heterocycles. The van der Waals surface area contributed by atoms with Crippen LogP contribution < -0.4 is 5.32 Å². The molecule has 2 aliphatic rings. The van der Waals surface area contributed by atoms with Gasteiger partial charge in [0.1, 0.15) is 11.6 Å². The van der Waals surface area contributed by atoms with Crippen LogP contribution in [0.1, 0.15) is 32.8 Å². The number of amides is 3. The van der Waals surface area contributed by atoms with Gasteiger partial charge in [-0.3, -0.25) is 14.5 Å². The van der Waals surface area contributed by atoms with Gasteiger partial charge in [0.25, 0.3) is 0 Å². The van der Waals surface area contributed by atoms with E-state index in [9.17, 15) is 14.4 Å². The molecule has 3 rings (SSSR count). The summed E-state index contributed by atoms with van der Waals surface area (Å²) in [5, 5.41) is 2.88. The van der Waals surface area contributed by atoms with Gasteiger partial charge in [-0.05, 0) is 38.8 Å². The highest BCUT2D eigenvalue weighted by atomic mass is 16.6. The van der Waals surface area contributed by atoms with Crippen molar-refractivity contribution in [3.8, 4) is 0 Å². The predicted molar refractivity (Wildman–Crippen MR) is 96.8 cm³/mol. The Labute approximate surface area is 153 Å². The first kappa shape index (κ1) is 18.2. The molecule has 2 aliphatic heterocycles. The number of carbonyl (C=O) groups is 3. The van der Waals surface area contributed by atoms with E-state index in [4.69, 9.17) is 4.74 Å². The molecule has 3 amide bonds. The molecule has 140 valence electrons. The maximum absolute atomic E-state index is 12.8. The van der Waals surface area contributed by atoms with Crippen molar-refractivity contribution in [3.63, 3.8) is 0 Å². The summed E-state index contributed by atoms with van der Waals surface area (Å²) in [6, 6.07) is 6.68. The van der Waals surface area contributed by atoms with Crippen molar-refractivity contribution in [2.75, 3.05) is 26.0 Å². The number of hydrogen-bond donors (Lipinski definition) is 1. The zero-order chi connectivity index (χ0) is 19.3. The average molecular weight is 359 g/mol. The third kappa shape index (κ3) is 2.91. The van der Waals surface area contributed by atoms with Crippen LogP contribution in [0.5, 0.6) is 0 Å². The first-order valence-electron chi connectivity index (χ1n) is 8.67. The molecule has 0 bridgehead atoms. The Morgan fingerprint density at radius 1 is 1.27 bits per heavy atom. The number of rotatable bonds is 1. The fraction of sp³-hybridized carbons (Fsp3) is 0.526. The number of likely N-dealkylation sites (tertiary alicyclic amines) is 1. The third-order valence-electron chi connectivity index (χ3n) is 4.84. The van der Waals surface area contributed by atoms with Gasteiger partial charge in [0.2, 0.25) is 11.8 Å². The van der Waals surface area contributed by atoms with Crippen LogP contribution in [-0.2, 0) is 19.7 Å². The lowest BCUT2D eigenvalue weighted by atomic mass is 9.79. The third-order valence-corrected chi connectivity index (χ3v) is 4.84. The second-order valence-corrected chi connectivity index (χ2v) is 8.14. The quantitative estimate of drug-likeness (QED) is 0.831. The maximum atomic E-state index is 12.8. The zero-order valence-electron chi connectivity index (χ0n) is 15.8. The molecule has 2 atom stereocenters. The highest BCUT2D eigenvalue weighted by Crippen LogP contribution is 2.46. The van der Waals surface area contributed by atoms with Gasteiger partial charge in [0.15, 0.2) is 0 Å². The second-order valence-electron chi connectivity index (χ2n) is 8.14. The van der Waals surface area contributed by atoms with Crippen molar-refractivity contribution in [1.29, 1.82) is 0 Å². The number of fused-ring (bicyclic) bond motifs is 2. The first-order chi connectivity index (χ1) is 12.0. The van der Waals surface area contributed by atoms with Crippen LogP contribution in [0.25, 0.3) is 0 Å². The van der Waals surface area contributed by atoms with Gasteiger partial charge in [0.05, 0.1) is 5.41 Å². The summed E-state index contributed by atoms with van der Waals surface area (Å²) in [7, 11) is 3.28. The fourth-order valence-electron chi connectivity index (χ4n) is 3.67. The topological polar surface area (TPSA) is 79.0 Å². The zero-order valence-corrected chi connectivity index (χ0v) is 15.8. The Balaban J connectivity index is 2.01. The van der Waals surface area contributed by atoms with Crippen LogP contribution in [0.4, 0.5) is 10.5 Å². The van der Waals surface area contributed by atoms with Crippen LogP contribution in [0.3, 0.4) is 0 Å². The molecule has 0 aliphatic carbocycles. The van der Waals surface area contributed by atoms with Crippen LogP contribution in [0, 0.1) is 0 Å². The minimum absolute atomic E-state index is 0.120. The molecule has 1 aromatic carbocycles. The summed E-state index contributed by atoms with van der Waals surface area (Å²) in [5.41, 5.74) is -0.0506. The standard InChI is InChI=1S/C19H25N3O4/c1-18(2,3)26-17(25)22-11-19(10-14(22)15(23)21(4)5)12-8-6-7-9-13(12)20-16(19)24/h6-9,14H,10-11H2,1-5H3,(H,20,24)/t14-,19-/m1/s1. The van der Waals surface area contributed by atoms with Crippen LogP contribution >= 0.6 is 0 Å². The number of ether oxygens (including phenoxy) is 1. The molecule has 0 radical (unpaired) electrons. The molecule has 1 saturated heterocycles. The number of benzene rings is 1. The predicted octanol–water partition coefficient (Wildman–Crippen LogP) is 1.97. The Bertz CT molecular complexity index is 768. The van der Waals surface area contributed by atoms with Crippen molar-refractivity contribution < 1.29 is 19.1 Å². The van der Waals surface area contributed by atoms with Crippen LogP contribution in [-0.4, -0.2) is 60.0 Å². The smallest absolute Gasteiger partial charge is 0.411 e. The number of nitrogens with one attached hydrogen (secondary N) is 1. The summed E-state index contributed by atoms with van der Waals surface area (Å²) in [4.78, 5) is 41.2. The van der Waals surface area contributed by atoms with Crippen molar-refractivity contribution in [2.45, 2.75) is 44.2 Å². The van der Waals surface area contributed by atoms with Crippen LogP contribution in [0.15, 0.2) is 24.3 Å². The first-order valence-corrected chi connectivity index (χ1v) is 8.67. The molecule has 1 aromatic rings. The normalized spacial score (nSPS) is 24.4. The summed E-state index contributed by atoms with van der Waals surface area (Å²) < 4.78 is 5.49. The Hall–Kier alpha value is -2.57. The number of carbonyl (C=O) groups excluding carboxylic acids is 3. The number of anilines is 1. The molecule has 1 fully saturated rings. The molecule has 1 spiro atoms. The summed E-state index contributed by atoms with van der Waals surface area (Å²) >= 11 is 0. The Kier molecular flexibility index (Phi) is 4.21. The second kappa shape index (κ2) is 6.00. The SMILES string of the molecule is CN(C)C(=O)[C@H]1C[C@]2(CN1C(=O)OC(C)(C)C)C(=O)Nc1ccccc12. The molecule has 0 saturated carbocycles.